The molecule has 0 saturated heterocycles. The van der Waals surface area contributed by atoms with Crippen LogP contribution in [-0.2, 0) is 6.42 Å². The number of nitrogens with zero attached hydrogens (tertiary/aromatic N) is 2. The Kier molecular flexibility index (Phi) is 3.76. The Hall–Kier alpha value is -2.53. The van der Waals surface area contributed by atoms with Crippen molar-refractivity contribution in [2.75, 3.05) is 0 Å². The minimum absolute atomic E-state index is 0.145. The molecule has 0 spiro atoms. The van der Waals surface area contributed by atoms with Crippen molar-refractivity contribution in [2.24, 2.45) is 0 Å². The molecule has 3 rings (SSSR count). The molecule has 5 nitrogen and oxygen atoms in total. The normalized spacial score (nSPS) is 15.0. The van der Waals surface area contributed by atoms with Crippen LogP contribution in [0.15, 0.2) is 12.1 Å². The number of carboxylic acids is 1. The van der Waals surface area contributed by atoms with Gasteiger partial charge >= 0.3 is 5.97 Å². The second-order valence-corrected chi connectivity index (χ2v) is 7.00. The molecule has 1 aromatic heterocycles. The Morgan fingerprint density at radius 3 is 2.75 bits per heavy atom. The number of alkyl halides is 2. The van der Waals surface area contributed by atoms with Gasteiger partial charge in [-0.2, -0.15) is 5.26 Å². The number of aromatic carboxylic acids is 1. The molecule has 0 atom stereocenters. The van der Waals surface area contributed by atoms with Gasteiger partial charge in [-0.05, 0) is 26.0 Å². The fraction of sp³-hybridized carbons (Fsp3) is 0.312. The van der Waals surface area contributed by atoms with Crippen molar-refractivity contribution in [2.45, 2.75) is 32.3 Å². The van der Waals surface area contributed by atoms with Crippen LogP contribution < -0.4 is 4.74 Å². The van der Waals surface area contributed by atoms with Crippen molar-refractivity contribution < 1.29 is 23.4 Å². The van der Waals surface area contributed by atoms with E-state index in [-0.39, 0.29) is 10.6 Å². The van der Waals surface area contributed by atoms with Crippen LogP contribution in [-0.4, -0.2) is 21.7 Å². The number of carboxylic acid groups (broad SMARTS) is 1. The van der Waals surface area contributed by atoms with Crippen molar-refractivity contribution >= 4 is 17.3 Å². The monoisotopic (exact) mass is 350 g/mol. The number of hydrogen-bond donors (Lipinski definition) is 1. The molecule has 2 heterocycles. The van der Waals surface area contributed by atoms with E-state index in [1.807, 2.05) is 19.9 Å². The first-order chi connectivity index (χ1) is 11.2. The van der Waals surface area contributed by atoms with Crippen LogP contribution in [0.1, 0.15) is 46.8 Å². The van der Waals surface area contributed by atoms with Crippen LogP contribution in [0.2, 0.25) is 0 Å². The second kappa shape index (κ2) is 5.53. The van der Waals surface area contributed by atoms with Crippen LogP contribution >= 0.6 is 11.3 Å². The highest BCUT2D eigenvalue weighted by Crippen LogP contribution is 2.41. The first-order valence-electron chi connectivity index (χ1n) is 7.00. The molecule has 0 aliphatic carbocycles. The highest BCUT2D eigenvalue weighted by molar-refractivity contribution is 7.17. The smallest absolute Gasteiger partial charge is 0.348 e. The number of fused-ring (bicyclic) bond motifs is 1. The topological polar surface area (TPSA) is 83.2 Å². The summed E-state index contributed by atoms with van der Waals surface area (Å²) in [7, 11) is 0. The van der Waals surface area contributed by atoms with Gasteiger partial charge in [-0.3, -0.25) is 0 Å². The Labute approximate surface area is 140 Å². The van der Waals surface area contributed by atoms with E-state index in [0.717, 1.165) is 5.56 Å². The molecule has 124 valence electrons. The highest BCUT2D eigenvalue weighted by atomic mass is 32.1. The molecular formula is C16H12F2N2O3S. The molecule has 1 aliphatic heterocycles. The summed E-state index contributed by atoms with van der Waals surface area (Å²) < 4.78 is 31.7. The fourth-order valence-electron chi connectivity index (χ4n) is 2.67. The van der Waals surface area contributed by atoms with E-state index in [4.69, 9.17) is 9.84 Å². The van der Waals surface area contributed by atoms with Crippen molar-refractivity contribution in [1.82, 2.24) is 4.98 Å². The van der Waals surface area contributed by atoms with Crippen LogP contribution in [0, 0.1) is 11.3 Å². The minimum atomic E-state index is -2.98. The maximum atomic E-state index is 13.0. The summed E-state index contributed by atoms with van der Waals surface area (Å²) in [6.45, 7) is 3.77. The largest absolute Gasteiger partial charge is 0.486 e. The molecule has 0 saturated carbocycles. The van der Waals surface area contributed by atoms with Gasteiger partial charge in [0.15, 0.2) is 0 Å². The molecule has 0 amide bonds. The van der Waals surface area contributed by atoms with Gasteiger partial charge in [-0.1, -0.05) is 0 Å². The number of benzene rings is 1. The summed E-state index contributed by atoms with van der Waals surface area (Å²) in [6.07, 6.45) is -2.42. The third-order valence-corrected chi connectivity index (χ3v) is 4.69. The number of hydrogen-bond acceptors (Lipinski definition) is 5. The Morgan fingerprint density at radius 2 is 2.21 bits per heavy atom. The molecule has 0 unspecified atom stereocenters. The number of carbonyl (C=O) groups is 1. The molecule has 8 heteroatoms. The number of thiazole rings is 1. The van der Waals surface area contributed by atoms with Crippen LogP contribution in [0.3, 0.4) is 0 Å². The average Bonchev–Trinajstić information content (AvgIpc) is 3.05. The zero-order valence-electron chi connectivity index (χ0n) is 12.8. The Morgan fingerprint density at radius 1 is 1.50 bits per heavy atom. The average molecular weight is 350 g/mol. The van der Waals surface area contributed by atoms with Gasteiger partial charge < -0.3 is 9.84 Å². The van der Waals surface area contributed by atoms with E-state index in [9.17, 15) is 18.8 Å². The minimum Gasteiger partial charge on any atom is -0.486 e. The number of aromatic nitrogens is 1. The predicted molar refractivity (Wildman–Crippen MR) is 82.6 cm³/mol. The molecule has 1 aromatic carbocycles. The van der Waals surface area contributed by atoms with E-state index >= 15 is 0 Å². The van der Waals surface area contributed by atoms with E-state index in [2.05, 4.69) is 4.98 Å². The molecule has 24 heavy (non-hydrogen) atoms. The predicted octanol–water partition coefficient (Wildman–Crippen LogP) is 4.03. The first kappa shape index (κ1) is 16.3. The SMILES string of the molecule is CC1(C)Cc2cc(-c3nc(C(F)F)c(C(=O)O)s3)cc(C#N)c2O1. The van der Waals surface area contributed by atoms with Gasteiger partial charge in [-0.15, -0.1) is 11.3 Å². The standard InChI is InChI=1S/C16H12F2N2O3S/c1-16(2)5-8-3-7(4-9(6-19)11(8)23-16)14-20-10(13(17)18)12(24-14)15(21)22/h3-4,13H,5H2,1-2H3,(H,21,22). The molecule has 1 aliphatic rings. The van der Waals surface area contributed by atoms with Crippen LogP contribution in [0.5, 0.6) is 5.75 Å². The number of rotatable bonds is 3. The molecule has 1 N–H and O–H groups in total. The van der Waals surface area contributed by atoms with E-state index in [1.165, 1.54) is 6.07 Å². The second-order valence-electron chi connectivity index (χ2n) is 6.00. The number of ether oxygens (including phenoxy) is 1. The van der Waals surface area contributed by atoms with E-state index in [0.29, 0.717) is 29.1 Å². The van der Waals surface area contributed by atoms with Crippen molar-refractivity contribution in [1.29, 1.82) is 5.26 Å². The maximum absolute atomic E-state index is 13.0. The van der Waals surface area contributed by atoms with Gasteiger partial charge in [0.2, 0.25) is 0 Å². The summed E-state index contributed by atoms with van der Waals surface area (Å²) in [5, 5.41) is 18.5. The lowest BCUT2D eigenvalue weighted by molar-refractivity contribution is 0.0689. The molecule has 0 radical (unpaired) electrons. The molecule has 2 aromatic rings. The van der Waals surface area contributed by atoms with Gasteiger partial charge in [0.1, 0.15) is 33.0 Å². The van der Waals surface area contributed by atoms with Crippen molar-refractivity contribution in [3.05, 3.63) is 33.8 Å². The van der Waals surface area contributed by atoms with Gasteiger partial charge in [0.05, 0.1) is 5.56 Å². The van der Waals surface area contributed by atoms with Crippen molar-refractivity contribution in [3.63, 3.8) is 0 Å². The van der Waals surface area contributed by atoms with Crippen molar-refractivity contribution in [3.8, 4) is 22.4 Å². The summed E-state index contributed by atoms with van der Waals surface area (Å²) in [4.78, 5) is 14.4. The number of halogens is 2. The molecule has 0 fully saturated rings. The zero-order valence-corrected chi connectivity index (χ0v) is 13.6. The summed E-state index contributed by atoms with van der Waals surface area (Å²) in [5.41, 5.74) is 0.276. The van der Waals surface area contributed by atoms with Gasteiger partial charge in [0, 0.05) is 17.5 Å². The van der Waals surface area contributed by atoms with E-state index < -0.39 is 28.6 Å². The lowest BCUT2D eigenvalue weighted by Crippen LogP contribution is -2.24. The molecule has 0 bridgehead atoms. The Bertz CT molecular complexity index is 884. The fourth-order valence-corrected chi connectivity index (χ4v) is 3.57. The van der Waals surface area contributed by atoms with Gasteiger partial charge in [-0.25, -0.2) is 18.6 Å². The van der Waals surface area contributed by atoms with Crippen LogP contribution in [0.25, 0.3) is 10.6 Å². The third kappa shape index (κ3) is 2.71. The third-order valence-electron chi connectivity index (χ3n) is 3.58. The van der Waals surface area contributed by atoms with Crippen LogP contribution in [0.4, 0.5) is 8.78 Å². The zero-order chi connectivity index (χ0) is 17.6. The number of nitriles is 1. The van der Waals surface area contributed by atoms with Gasteiger partial charge in [0.25, 0.3) is 6.43 Å². The Balaban J connectivity index is 2.14. The lowest BCUT2D eigenvalue weighted by atomic mass is 9.98. The summed E-state index contributed by atoms with van der Waals surface area (Å²) in [6, 6.07) is 5.23. The summed E-state index contributed by atoms with van der Waals surface area (Å²) in [5.74, 6) is -0.962. The highest BCUT2D eigenvalue weighted by Gasteiger charge is 2.33. The summed E-state index contributed by atoms with van der Waals surface area (Å²) >= 11 is 0.673. The lowest BCUT2D eigenvalue weighted by Gasteiger charge is -2.17. The quantitative estimate of drug-likeness (QED) is 0.903. The van der Waals surface area contributed by atoms with E-state index in [1.54, 1.807) is 6.07 Å². The first-order valence-corrected chi connectivity index (χ1v) is 7.82. The molecular weight excluding hydrogens is 338 g/mol. The maximum Gasteiger partial charge on any atom is 0.348 e.